The third-order valence-corrected chi connectivity index (χ3v) is 5.09. The average Bonchev–Trinajstić information content (AvgIpc) is 2.76. The summed E-state index contributed by atoms with van der Waals surface area (Å²) < 4.78 is 10.7. The van der Waals surface area contributed by atoms with Crippen LogP contribution < -0.4 is 20.9 Å². The van der Waals surface area contributed by atoms with Gasteiger partial charge in [-0.25, -0.2) is 0 Å². The number of nitrogens with two attached hydrogens (primary N) is 2. The molecule has 0 fully saturated rings. The van der Waals surface area contributed by atoms with Gasteiger partial charge < -0.3 is 20.9 Å². The van der Waals surface area contributed by atoms with Crippen LogP contribution in [0.5, 0.6) is 11.5 Å². The van der Waals surface area contributed by atoms with Gasteiger partial charge in [0.05, 0.1) is 14.2 Å². The number of rotatable bonds is 8. The first kappa shape index (κ1) is 31.7. The predicted octanol–water partition coefficient (Wildman–Crippen LogP) is 4.68. The number of carbonyl (C=O) groups is 2. The third kappa shape index (κ3) is 7.31. The highest BCUT2D eigenvalue weighted by Gasteiger charge is 2.15. The molecule has 2 aromatic rings. The lowest BCUT2D eigenvalue weighted by atomic mass is 9.98. The highest BCUT2D eigenvalue weighted by atomic mass is 35.5. The Morgan fingerprint density at radius 2 is 0.969 bits per heavy atom. The molecule has 0 bridgehead atoms. The van der Waals surface area contributed by atoms with Gasteiger partial charge in [-0.3, -0.25) is 9.59 Å². The summed E-state index contributed by atoms with van der Waals surface area (Å²) in [7, 11) is 3.25. The van der Waals surface area contributed by atoms with Crippen LogP contribution in [-0.4, -0.2) is 26.0 Å². The summed E-state index contributed by atoms with van der Waals surface area (Å²) in [6.07, 6.45) is 3.26. The van der Waals surface area contributed by atoms with E-state index < -0.39 is 11.8 Å². The minimum Gasteiger partial charge on any atom is -0.496 e. The van der Waals surface area contributed by atoms with Crippen LogP contribution in [0.4, 0.5) is 0 Å². The monoisotopic (exact) mass is 486 g/mol. The molecule has 8 heteroatoms. The van der Waals surface area contributed by atoms with Crippen molar-refractivity contribution in [3.05, 3.63) is 57.6 Å². The van der Waals surface area contributed by atoms with Gasteiger partial charge in [0.1, 0.15) is 11.5 Å². The number of halogens is 2. The van der Waals surface area contributed by atoms with Crippen LogP contribution >= 0.6 is 24.8 Å². The minimum absolute atomic E-state index is 0. The molecule has 0 saturated carbocycles. The van der Waals surface area contributed by atoms with Crippen LogP contribution in [0.2, 0.25) is 0 Å². The van der Waals surface area contributed by atoms with Gasteiger partial charge in [0.2, 0.25) is 11.8 Å². The van der Waals surface area contributed by atoms with Crippen molar-refractivity contribution in [1.82, 2.24) is 0 Å². The summed E-state index contributed by atoms with van der Waals surface area (Å²) in [5, 5.41) is 0. The van der Waals surface area contributed by atoms with Gasteiger partial charge in [-0.05, 0) is 48.9 Å². The number of hydrogen-bond acceptors (Lipinski definition) is 4. The minimum atomic E-state index is -0.396. The molecule has 0 atom stereocenters. The lowest BCUT2D eigenvalue weighted by Gasteiger charge is -2.14. The van der Waals surface area contributed by atoms with Gasteiger partial charge in [-0.1, -0.05) is 39.8 Å². The number of methoxy groups -OCH3 is 2. The topological polar surface area (TPSA) is 105 Å². The van der Waals surface area contributed by atoms with E-state index in [1.165, 1.54) is 0 Å². The molecule has 0 aromatic heterocycles. The number of ether oxygens (including phenoxy) is 2. The van der Waals surface area contributed by atoms with Crippen LogP contribution in [0, 0.1) is 0 Å². The first-order valence-corrected chi connectivity index (χ1v) is 10.3. The summed E-state index contributed by atoms with van der Waals surface area (Å²) in [4.78, 5) is 22.4. The molecule has 2 rings (SSSR count). The fraction of sp³-hybridized carbons (Fsp3) is 0.417. The molecule has 2 amide bonds. The standard InChI is InChI=1S/2C12H17NO2.2ClH/c2*1-4-8-6-7-10(12(13)14)9(5-2)11(8)15-3;;/h2*6-7H,4-5H2,1-3H3,(H2,13,14);2*1H. The fourth-order valence-electron chi connectivity index (χ4n) is 3.58. The van der Waals surface area contributed by atoms with E-state index in [0.29, 0.717) is 11.1 Å². The second-order valence-electron chi connectivity index (χ2n) is 6.71. The zero-order valence-corrected chi connectivity index (χ0v) is 21.4. The van der Waals surface area contributed by atoms with E-state index in [4.69, 9.17) is 20.9 Å². The Balaban J connectivity index is 0. The summed E-state index contributed by atoms with van der Waals surface area (Å²) in [5.74, 6) is 0.813. The SMILES string of the molecule is CCc1ccc(C(N)=O)c(CC)c1OC.CCc1ccc(C(N)=O)c(CC)c1OC.Cl.Cl. The fourth-order valence-corrected chi connectivity index (χ4v) is 3.58. The van der Waals surface area contributed by atoms with Crippen molar-refractivity contribution < 1.29 is 19.1 Å². The Morgan fingerprint density at radius 1 is 0.656 bits per heavy atom. The number of benzene rings is 2. The van der Waals surface area contributed by atoms with Gasteiger partial charge in [0, 0.05) is 22.3 Å². The van der Waals surface area contributed by atoms with Crippen molar-refractivity contribution in [2.75, 3.05) is 14.2 Å². The molecule has 0 spiro atoms. The molecule has 0 aliphatic heterocycles. The Morgan fingerprint density at radius 3 is 1.16 bits per heavy atom. The zero-order chi connectivity index (χ0) is 22.8. The van der Waals surface area contributed by atoms with Crippen molar-refractivity contribution in [2.45, 2.75) is 53.4 Å². The van der Waals surface area contributed by atoms with Gasteiger partial charge in [-0.2, -0.15) is 0 Å². The summed E-state index contributed by atoms with van der Waals surface area (Å²) in [6, 6.07) is 7.36. The summed E-state index contributed by atoms with van der Waals surface area (Å²) in [6.45, 7) is 8.09. The van der Waals surface area contributed by atoms with Crippen LogP contribution in [0.3, 0.4) is 0 Å². The molecule has 0 aliphatic carbocycles. The average molecular weight is 487 g/mol. The molecule has 6 nitrogen and oxygen atoms in total. The van der Waals surface area contributed by atoms with Crippen molar-refractivity contribution in [2.24, 2.45) is 11.5 Å². The Kier molecular flexibility index (Phi) is 15.3. The highest BCUT2D eigenvalue weighted by molar-refractivity contribution is 5.95. The van der Waals surface area contributed by atoms with Crippen LogP contribution in [-0.2, 0) is 25.7 Å². The predicted molar refractivity (Wildman–Crippen MR) is 135 cm³/mol. The third-order valence-electron chi connectivity index (χ3n) is 5.09. The van der Waals surface area contributed by atoms with Gasteiger partial charge in [0.15, 0.2) is 0 Å². The van der Waals surface area contributed by atoms with Gasteiger partial charge in [0.25, 0.3) is 0 Å². The van der Waals surface area contributed by atoms with Crippen molar-refractivity contribution in [3.63, 3.8) is 0 Å². The molecule has 0 heterocycles. The summed E-state index contributed by atoms with van der Waals surface area (Å²) in [5.41, 5.74) is 15.8. The number of hydrogen-bond donors (Lipinski definition) is 2. The van der Waals surface area contributed by atoms with E-state index in [0.717, 1.165) is 59.4 Å². The molecule has 4 N–H and O–H groups in total. The quantitative estimate of drug-likeness (QED) is 0.564. The normalized spacial score (nSPS) is 9.44. The molecular formula is C24H36Cl2N2O4. The molecule has 180 valence electrons. The maximum absolute atomic E-state index is 11.2. The van der Waals surface area contributed by atoms with Crippen LogP contribution in [0.1, 0.15) is 70.7 Å². The Labute approximate surface area is 203 Å². The first-order valence-electron chi connectivity index (χ1n) is 10.3. The van der Waals surface area contributed by atoms with E-state index in [-0.39, 0.29) is 24.8 Å². The molecule has 0 saturated heterocycles. The van der Waals surface area contributed by atoms with Crippen molar-refractivity contribution >= 4 is 36.6 Å². The van der Waals surface area contributed by atoms with Gasteiger partial charge in [-0.15, -0.1) is 24.8 Å². The van der Waals surface area contributed by atoms with E-state index in [1.54, 1.807) is 26.4 Å². The lowest BCUT2D eigenvalue weighted by molar-refractivity contribution is 0.0990. The molecule has 0 aliphatic rings. The molecule has 0 unspecified atom stereocenters. The largest absolute Gasteiger partial charge is 0.496 e. The Hall–Kier alpha value is -2.44. The molecule has 32 heavy (non-hydrogen) atoms. The Bertz CT molecular complexity index is 829. The number of primary amides is 2. The van der Waals surface area contributed by atoms with Crippen molar-refractivity contribution in [3.8, 4) is 11.5 Å². The maximum Gasteiger partial charge on any atom is 0.249 e. The second-order valence-corrected chi connectivity index (χ2v) is 6.71. The summed E-state index contributed by atoms with van der Waals surface area (Å²) >= 11 is 0. The lowest BCUT2D eigenvalue weighted by Crippen LogP contribution is -2.14. The number of aryl methyl sites for hydroxylation is 2. The van der Waals surface area contributed by atoms with Crippen molar-refractivity contribution in [1.29, 1.82) is 0 Å². The van der Waals surface area contributed by atoms with Crippen LogP contribution in [0.25, 0.3) is 0 Å². The molecule has 0 radical (unpaired) electrons. The van der Waals surface area contributed by atoms with E-state index in [1.807, 2.05) is 26.0 Å². The van der Waals surface area contributed by atoms with E-state index in [9.17, 15) is 9.59 Å². The second kappa shape index (κ2) is 15.4. The highest BCUT2D eigenvalue weighted by Crippen LogP contribution is 2.29. The maximum atomic E-state index is 11.2. The zero-order valence-electron chi connectivity index (χ0n) is 19.7. The molecule has 2 aromatic carbocycles. The van der Waals surface area contributed by atoms with E-state index in [2.05, 4.69) is 13.8 Å². The number of amides is 2. The first-order chi connectivity index (χ1) is 14.3. The van der Waals surface area contributed by atoms with Gasteiger partial charge >= 0.3 is 0 Å². The molecular weight excluding hydrogens is 451 g/mol. The smallest absolute Gasteiger partial charge is 0.249 e. The van der Waals surface area contributed by atoms with E-state index >= 15 is 0 Å². The van der Waals surface area contributed by atoms with Crippen LogP contribution in [0.15, 0.2) is 24.3 Å². The number of carbonyl (C=O) groups excluding carboxylic acids is 2.